The molecule has 4 aromatic rings. The van der Waals surface area contributed by atoms with E-state index in [0.29, 0.717) is 29.4 Å². The van der Waals surface area contributed by atoms with Crippen molar-refractivity contribution in [2.24, 2.45) is 0 Å². The van der Waals surface area contributed by atoms with Gasteiger partial charge in [0.25, 0.3) is 0 Å². The molecule has 0 aliphatic carbocycles. The minimum Gasteiger partial charge on any atom is -0.493 e. The number of hydrogen-bond donors (Lipinski definition) is 2. The number of benzene rings is 2. The number of aryl methyl sites for hydroxylation is 1. The Labute approximate surface area is 194 Å². The molecule has 0 aliphatic heterocycles. The lowest BCUT2D eigenvalue weighted by atomic mass is 10.1. The zero-order chi connectivity index (χ0) is 23.4. The van der Waals surface area contributed by atoms with Crippen LogP contribution in [0.4, 0.5) is 5.69 Å². The van der Waals surface area contributed by atoms with Gasteiger partial charge in [-0.15, -0.1) is 16.4 Å². The van der Waals surface area contributed by atoms with Crippen LogP contribution in [0.5, 0.6) is 11.5 Å². The van der Waals surface area contributed by atoms with Crippen molar-refractivity contribution in [2.75, 3.05) is 26.1 Å². The van der Waals surface area contributed by atoms with Gasteiger partial charge in [0.1, 0.15) is 0 Å². The Balaban J connectivity index is 1.36. The topological polar surface area (TPSA) is 107 Å². The molecule has 170 valence electrons. The van der Waals surface area contributed by atoms with E-state index in [1.54, 1.807) is 22.7 Å². The molecular formula is C23H23N5O4S. The fourth-order valence-corrected chi connectivity index (χ4v) is 4.18. The number of ether oxygens (including phenoxy) is 2. The molecule has 0 fully saturated rings. The molecule has 0 saturated carbocycles. The third-order valence-corrected chi connectivity index (χ3v) is 5.92. The third kappa shape index (κ3) is 4.80. The number of rotatable bonds is 7. The monoisotopic (exact) mass is 465 g/mol. The predicted molar refractivity (Wildman–Crippen MR) is 126 cm³/mol. The molecule has 2 aromatic carbocycles. The van der Waals surface area contributed by atoms with Crippen molar-refractivity contribution in [3.8, 4) is 22.9 Å². The molecule has 33 heavy (non-hydrogen) atoms. The van der Waals surface area contributed by atoms with Crippen LogP contribution < -0.4 is 20.1 Å². The summed E-state index contributed by atoms with van der Waals surface area (Å²) in [7, 11) is 3.02. The number of amides is 2. The van der Waals surface area contributed by atoms with Gasteiger partial charge < -0.3 is 20.1 Å². The highest BCUT2D eigenvalue weighted by Gasteiger charge is 2.16. The summed E-state index contributed by atoms with van der Waals surface area (Å²) in [6.07, 6.45) is 0.506. The van der Waals surface area contributed by atoms with Crippen LogP contribution in [0.15, 0.2) is 47.8 Å². The van der Waals surface area contributed by atoms with Crippen LogP contribution in [-0.2, 0) is 16.0 Å². The summed E-state index contributed by atoms with van der Waals surface area (Å²) in [5, 5.41) is 11.8. The first kappa shape index (κ1) is 22.3. The van der Waals surface area contributed by atoms with Gasteiger partial charge in [-0.25, -0.2) is 4.52 Å². The Bertz CT molecular complexity index is 1310. The van der Waals surface area contributed by atoms with Crippen LogP contribution in [0.25, 0.3) is 16.3 Å². The summed E-state index contributed by atoms with van der Waals surface area (Å²) in [5.74, 6) is 0.158. The van der Waals surface area contributed by atoms with E-state index in [0.717, 1.165) is 21.8 Å². The van der Waals surface area contributed by atoms with Crippen molar-refractivity contribution in [3.63, 3.8) is 0 Å². The summed E-state index contributed by atoms with van der Waals surface area (Å²) >= 11 is 1.48. The van der Waals surface area contributed by atoms with E-state index in [-0.39, 0.29) is 6.54 Å². The number of carbonyl (C=O) groups excluding carboxylic acids is 2. The minimum absolute atomic E-state index is 0.281. The third-order valence-electron chi connectivity index (χ3n) is 5.05. The van der Waals surface area contributed by atoms with Crippen molar-refractivity contribution < 1.29 is 19.1 Å². The number of aromatic nitrogens is 3. The molecule has 0 saturated heterocycles. The standard InChI is InChI=1S/C23H23N5O4S/c1-14-6-4-5-7-17(14)20-26-23-28(27-20)16(13-33-23)10-11-24-21(29)22(30)25-15-8-9-18(31-2)19(12-15)32-3/h4-9,12-13H,10-11H2,1-3H3,(H,24,29)(H,25,30). The van der Waals surface area contributed by atoms with E-state index in [1.165, 1.54) is 25.6 Å². The van der Waals surface area contributed by atoms with Gasteiger partial charge >= 0.3 is 11.8 Å². The van der Waals surface area contributed by atoms with E-state index in [4.69, 9.17) is 9.47 Å². The fourth-order valence-electron chi connectivity index (χ4n) is 3.32. The second-order valence-corrected chi connectivity index (χ2v) is 8.04. The zero-order valence-corrected chi connectivity index (χ0v) is 19.2. The number of fused-ring (bicyclic) bond motifs is 1. The summed E-state index contributed by atoms with van der Waals surface area (Å²) < 4.78 is 12.2. The van der Waals surface area contributed by atoms with Gasteiger partial charge in [-0.3, -0.25) is 9.59 Å². The van der Waals surface area contributed by atoms with Gasteiger partial charge in [-0.05, 0) is 24.6 Å². The number of nitrogens with one attached hydrogen (secondary N) is 2. The Morgan fingerprint density at radius 3 is 2.61 bits per heavy atom. The van der Waals surface area contributed by atoms with Crippen molar-refractivity contribution in [1.82, 2.24) is 19.9 Å². The molecule has 0 unspecified atom stereocenters. The normalized spacial score (nSPS) is 10.8. The maximum absolute atomic E-state index is 12.2. The second kappa shape index (κ2) is 9.70. The molecular weight excluding hydrogens is 442 g/mol. The van der Waals surface area contributed by atoms with Crippen LogP contribution in [0.3, 0.4) is 0 Å². The molecule has 2 aromatic heterocycles. The first-order chi connectivity index (χ1) is 16.0. The molecule has 0 spiro atoms. The highest BCUT2D eigenvalue weighted by Crippen LogP contribution is 2.29. The Hall–Kier alpha value is -3.92. The molecule has 2 N–H and O–H groups in total. The smallest absolute Gasteiger partial charge is 0.313 e. The first-order valence-electron chi connectivity index (χ1n) is 10.2. The molecule has 0 radical (unpaired) electrons. The largest absolute Gasteiger partial charge is 0.493 e. The average molecular weight is 466 g/mol. The maximum atomic E-state index is 12.2. The molecule has 0 atom stereocenters. The van der Waals surface area contributed by atoms with Crippen molar-refractivity contribution in [1.29, 1.82) is 0 Å². The molecule has 4 rings (SSSR count). The van der Waals surface area contributed by atoms with Gasteiger partial charge in [0.2, 0.25) is 4.96 Å². The number of anilines is 1. The van der Waals surface area contributed by atoms with Crippen molar-refractivity contribution in [2.45, 2.75) is 13.3 Å². The van der Waals surface area contributed by atoms with E-state index in [9.17, 15) is 9.59 Å². The number of thiazole rings is 1. The molecule has 0 aliphatic rings. The highest BCUT2D eigenvalue weighted by molar-refractivity contribution is 7.15. The second-order valence-electron chi connectivity index (χ2n) is 7.20. The Kier molecular flexibility index (Phi) is 6.55. The van der Waals surface area contributed by atoms with Crippen LogP contribution in [0.1, 0.15) is 11.3 Å². The Morgan fingerprint density at radius 2 is 1.85 bits per heavy atom. The molecule has 2 heterocycles. The molecule has 2 amide bonds. The lowest BCUT2D eigenvalue weighted by molar-refractivity contribution is -0.136. The summed E-state index contributed by atoms with van der Waals surface area (Å²) in [4.78, 5) is 29.9. The van der Waals surface area contributed by atoms with Crippen molar-refractivity contribution in [3.05, 3.63) is 59.1 Å². The number of hydrogen-bond acceptors (Lipinski definition) is 7. The fraction of sp³-hybridized carbons (Fsp3) is 0.217. The lowest BCUT2D eigenvalue weighted by Gasteiger charge is -2.10. The van der Waals surface area contributed by atoms with Gasteiger partial charge in [0.15, 0.2) is 17.3 Å². The SMILES string of the molecule is COc1ccc(NC(=O)C(=O)NCCc2csc3nc(-c4ccccc4C)nn23)cc1OC. The zero-order valence-electron chi connectivity index (χ0n) is 18.4. The van der Waals surface area contributed by atoms with E-state index in [2.05, 4.69) is 20.7 Å². The number of methoxy groups -OCH3 is 2. The minimum atomic E-state index is -0.764. The van der Waals surface area contributed by atoms with Crippen molar-refractivity contribution >= 4 is 33.8 Å². The van der Waals surface area contributed by atoms with Gasteiger partial charge in [0.05, 0.1) is 19.9 Å². The molecule has 9 nitrogen and oxygen atoms in total. The average Bonchev–Trinajstić information content (AvgIpc) is 3.40. The number of nitrogens with zero attached hydrogens (tertiary/aromatic N) is 3. The highest BCUT2D eigenvalue weighted by atomic mass is 32.1. The predicted octanol–water partition coefficient (Wildman–Crippen LogP) is 3.08. The van der Waals surface area contributed by atoms with Gasteiger partial charge in [-0.2, -0.15) is 4.98 Å². The van der Waals surface area contributed by atoms with E-state index < -0.39 is 11.8 Å². The van der Waals surface area contributed by atoms with Gasteiger partial charge in [0, 0.05) is 35.7 Å². The number of carbonyl (C=O) groups is 2. The summed E-state index contributed by atoms with van der Waals surface area (Å²) in [6.45, 7) is 2.30. The maximum Gasteiger partial charge on any atom is 0.313 e. The van der Waals surface area contributed by atoms with Crippen LogP contribution >= 0.6 is 11.3 Å². The van der Waals surface area contributed by atoms with E-state index >= 15 is 0 Å². The lowest BCUT2D eigenvalue weighted by Crippen LogP contribution is -2.36. The van der Waals surface area contributed by atoms with Gasteiger partial charge in [-0.1, -0.05) is 24.3 Å². The quantitative estimate of drug-likeness (QED) is 0.406. The summed E-state index contributed by atoms with van der Waals surface area (Å²) in [6, 6.07) is 12.8. The molecule has 10 heteroatoms. The molecule has 0 bridgehead atoms. The van der Waals surface area contributed by atoms with Crippen LogP contribution in [0.2, 0.25) is 0 Å². The van der Waals surface area contributed by atoms with Crippen LogP contribution in [-0.4, -0.2) is 47.2 Å². The van der Waals surface area contributed by atoms with E-state index in [1.807, 2.05) is 36.6 Å². The Morgan fingerprint density at radius 1 is 1.06 bits per heavy atom. The summed E-state index contributed by atoms with van der Waals surface area (Å²) in [5.41, 5.74) is 3.42. The first-order valence-corrected chi connectivity index (χ1v) is 11.1. The van der Waals surface area contributed by atoms with Crippen LogP contribution in [0, 0.1) is 6.92 Å².